The summed E-state index contributed by atoms with van der Waals surface area (Å²) in [7, 11) is -3.26. The number of aryl methyl sites for hydroxylation is 1. The summed E-state index contributed by atoms with van der Waals surface area (Å²) in [5.74, 6) is 0.627. The Morgan fingerprint density at radius 1 is 1.39 bits per heavy atom. The van der Waals surface area contributed by atoms with Gasteiger partial charge in [0.05, 0.1) is 37.5 Å². The number of aromatic nitrogens is 3. The molecule has 3 heterocycles. The molecular formula is C15H20N4O3S. The second-order valence-electron chi connectivity index (χ2n) is 5.61. The number of pyridine rings is 1. The highest BCUT2D eigenvalue weighted by atomic mass is 32.2. The van der Waals surface area contributed by atoms with Gasteiger partial charge in [-0.15, -0.1) is 0 Å². The lowest BCUT2D eigenvalue weighted by Crippen LogP contribution is -2.39. The number of fused-ring (bicyclic) bond motifs is 1. The van der Waals surface area contributed by atoms with Crippen molar-refractivity contribution in [2.75, 3.05) is 19.4 Å². The molecule has 0 aromatic carbocycles. The van der Waals surface area contributed by atoms with Gasteiger partial charge in [-0.1, -0.05) is 0 Å². The molecule has 23 heavy (non-hydrogen) atoms. The minimum absolute atomic E-state index is 0.0472. The predicted molar refractivity (Wildman–Crippen MR) is 85.6 cm³/mol. The second-order valence-corrected chi connectivity index (χ2v) is 7.60. The maximum absolute atomic E-state index is 12.0. The van der Waals surface area contributed by atoms with Crippen LogP contribution in [-0.4, -0.2) is 46.9 Å². The molecule has 2 aromatic heterocycles. The van der Waals surface area contributed by atoms with E-state index in [1.165, 1.54) is 10.6 Å². The average molecular weight is 336 g/mol. The summed E-state index contributed by atoms with van der Waals surface area (Å²) in [5, 5.41) is 4.37. The summed E-state index contributed by atoms with van der Waals surface area (Å²) in [5.41, 5.74) is 2.01. The Morgan fingerprint density at radius 2 is 2.22 bits per heavy atom. The van der Waals surface area contributed by atoms with E-state index in [1.807, 2.05) is 23.9 Å². The largest absolute Gasteiger partial charge is 0.491 e. The van der Waals surface area contributed by atoms with Crippen molar-refractivity contribution in [1.29, 1.82) is 0 Å². The van der Waals surface area contributed by atoms with Gasteiger partial charge < -0.3 is 4.74 Å². The van der Waals surface area contributed by atoms with Crippen molar-refractivity contribution < 1.29 is 13.2 Å². The molecule has 1 aliphatic heterocycles. The van der Waals surface area contributed by atoms with Gasteiger partial charge >= 0.3 is 0 Å². The van der Waals surface area contributed by atoms with Crippen molar-refractivity contribution >= 4 is 10.0 Å². The Labute approximate surface area is 135 Å². The summed E-state index contributed by atoms with van der Waals surface area (Å²) in [6.07, 6.45) is 6.40. The quantitative estimate of drug-likeness (QED) is 0.821. The molecule has 0 amide bonds. The molecule has 0 radical (unpaired) electrons. The number of hydrogen-bond donors (Lipinski definition) is 0. The molecule has 124 valence electrons. The smallest absolute Gasteiger partial charge is 0.211 e. The molecule has 0 saturated carbocycles. The van der Waals surface area contributed by atoms with Crippen molar-refractivity contribution in [3.8, 4) is 5.75 Å². The molecule has 0 aliphatic carbocycles. The highest BCUT2D eigenvalue weighted by Gasteiger charge is 2.33. The molecule has 0 N–H and O–H groups in total. The van der Waals surface area contributed by atoms with Crippen LogP contribution in [0.25, 0.3) is 0 Å². The van der Waals surface area contributed by atoms with Crippen molar-refractivity contribution in [3.05, 3.63) is 42.0 Å². The van der Waals surface area contributed by atoms with Crippen LogP contribution in [0.1, 0.15) is 24.1 Å². The highest BCUT2D eigenvalue weighted by molar-refractivity contribution is 7.88. The van der Waals surface area contributed by atoms with Crippen LogP contribution in [0.4, 0.5) is 0 Å². The summed E-state index contributed by atoms with van der Waals surface area (Å²) in [6, 6.07) is 3.64. The number of nitrogens with zero attached hydrogens (tertiary/aromatic N) is 4. The van der Waals surface area contributed by atoms with E-state index in [-0.39, 0.29) is 5.92 Å². The first-order valence-corrected chi connectivity index (χ1v) is 9.36. The first kappa shape index (κ1) is 15.9. The maximum Gasteiger partial charge on any atom is 0.211 e. The van der Waals surface area contributed by atoms with Crippen molar-refractivity contribution in [2.24, 2.45) is 0 Å². The zero-order valence-electron chi connectivity index (χ0n) is 13.2. The predicted octanol–water partition coefficient (Wildman–Crippen LogP) is 1.24. The minimum Gasteiger partial charge on any atom is -0.491 e. The molecule has 7 nitrogen and oxygen atoms in total. The Morgan fingerprint density at radius 3 is 2.87 bits per heavy atom. The molecule has 1 aliphatic rings. The van der Waals surface area contributed by atoms with Gasteiger partial charge in [0.2, 0.25) is 10.0 Å². The first-order valence-electron chi connectivity index (χ1n) is 7.51. The molecule has 8 heteroatoms. The van der Waals surface area contributed by atoms with E-state index in [2.05, 4.69) is 10.1 Å². The minimum atomic E-state index is -3.26. The fraction of sp³-hybridized carbons (Fsp3) is 0.467. The zero-order valence-corrected chi connectivity index (χ0v) is 14.0. The van der Waals surface area contributed by atoms with Gasteiger partial charge in [-0.05, 0) is 19.1 Å². The molecule has 2 aromatic rings. The molecule has 3 rings (SSSR count). The Kier molecular flexibility index (Phi) is 4.36. The summed E-state index contributed by atoms with van der Waals surface area (Å²) >= 11 is 0. The molecular weight excluding hydrogens is 316 g/mol. The van der Waals surface area contributed by atoms with Crippen LogP contribution in [0.5, 0.6) is 5.75 Å². The fourth-order valence-electron chi connectivity index (χ4n) is 2.81. The monoisotopic (exact) mass is 336 g/mol. The highest BCUT2D eigenvalue weighted by Crippen LogP contribution is 2.30. The summed E-state index contributed by atoms with van der Waals surface area (Å²) < 4.78 is 33.1. The van der Waals surface area contributed by atoms with Gasteiger partial charge in [0, 0.05) is 30.8 Å². The van der Waals surface area contributed by atoms with E-state index >= 15 is 0 Å². The average Bonchev–Trinajstić information content (AvgIpc) is 2.96. The van der Waals surface area contributed by atoms with Crippen LogP contribution in [0.15, 0.2) is 30.7 Å². The Bertz CT molecular complexity index is 773. The van der Waals surface area contributed by atoms with Crippen molar-refractivity contribution in [1.82, 2.24) is 19.1 Å². The molecule has 1 atom stereocenters. The van der Waals surface area contributed by atoms with E-state index in [1.54, 1.807) is 18.5 Å². The van der Waals surface area contributed by atoms with Crippen LogP contribution >= 0.6 is 0 Å². The molecule has 0 fully saturated rings. The number of rotatable bonds is 5. The van der Waals surface area contributed by atoms with E-state index in [0.29, 0.717) is 32.0 Å². The van der Waals surface area contributed by atoms with Gasteiger partial charge in [-0.3, -0.25) is 9.67 Å². The normalized spacial score (nSPS) is 18.6. The standard InChI is InChI=1S/C15H20N4O3S/c1-3-19-15-10-18(23(2,20)21)9-12(14(15)8-17-19)11-22-13-5-4-6-16-7-13/h4-8,12H,3,9-11H2,1-2H3/t12-/m0/s1. The third kappa shape index (κ3) is 3.37. The lowest BCUT2D eigenvalue weighted by Gasteiger charge is -2.31. The van der Waals surface area contributed by atoms with Gasteiger partial charge in [0.15, 0.2) is 0 Å². The maximum atomic E-state index is 12.0. The first-order chi connectivity index (χ1) is 11.0. The lowest BCUT2D eigenvalue weighted by molar-refractivity contribution is 0.244. The van der Waals surface area contributed by atoms with Crippen LogP contribution in [0.3, 0.4) is 0 Å². The van der Waals surface area contributed by atoms with Gasteiger partial charge in [0.25, 0.3) is 0 Å². The van der Waals surface area contributed by atoms with E-state index in [0.717, 1.165) is 11.3 Å². The van der Waals surface area contributed by atoms with E-state index in [9.17, 15) is 8.42 Å². The van der Waals surface area contributed by atoms with Crippen molar-refractivity contribution in [3.63, 3.8) is 0 Å². The fourth-order valence-corrected chi connectivity index (χ4v) is 3.62. The molecule has 0 unspecified atom stereocenters. The van der Waals surface area contributed by atoms with Crippen molar-refractivity contribution in [2.45, 2.75) is 25.9 Å². The number of sulfonamides is 1. The number of hydrogen-bond acceptors (Lipinski definition) is 5. The zero-order chi connectivity index (χ0) is 16.4. The van der Waals surface area contributed by atoms with Gasteiger partial charge in [-0.25, -0.2) is 8.42 Å². The van der Waals surface area contributed by atoms with Crippen LogP contribution in [0.2, 0.25) is 0 Å². The third-order valence-electron chi connectivity index (χ3n) is 4.03. The van der Waals surface area contributed by atoms with Crippen LogP contribution in [-0.2, 0) is 23.1 Å². The van der Waals surface area contributed by atoms with Gasteiger partial charge in [0.1, 0.15) is 5.75 Å². The SMILES string of the molecule is CCn1ncc2c1CN(S(C)(=O)=O)C[C@H]2COc1cccnc1. The Hall–Kier alpha value is -1.93. The van der Waals surface area contributed by atoms with Crippen LogP contribution < -0.4 is 4.74 Å². The van der Waals surface area contributed by atoms with E-state index in [4.69, 9.17) is 4.74 Å². The Balaban J connectivity index is 1.85. The third-order valence-corrected chi connectivity index (χ3v) is 5.24. The summed E-state index contributed by atoms with van der Waals surface area (Å²) in [4.78, 5) is 4.02. The molecule has 0 bridgehead atoms. The lowest BCUT2D eigenvalue weighted by atomic mass is 9.97. The number of ether oxygens (including phenoxy) is 1. The molecule has 0 saturated heterocycles. The van der Waals surface area contributed by atoms with E-state index < -0.39 is 10.0 Å². The molecule has 0 spiro atoms. The second kappa shape index (κ2) is 6.29. The van der Waals surface area contributed by atoms with Gasteiger partial charge in [-0.2, -0.15) is 9.40 Å². The topological polar surface area (TPSA) is 77.3 Å². The summed E-state index contributed by atoms with van der Waals surface area (Å²) in [6.45, 7) is 3.87. The van der Waals surface area contributed by atoms with Crippen LogP contribution in [0, 0.1) is 0 Å².